The highest BCUT2D eigenvalue weighted by Gasteiger charge is 2.40. The van der Waals surface area contributed by atoms with Gasteiger partial charge in [-0.15, -0.1) is 11.3 Å². The zero-order valence-corrected chi connectivity index (χ0v) is 14.9. The van der Waals surface area contributed by atoms with E-state index in [-0.39, 0.29) is 17.6 Å². The van der Waals surface area contributed by atoms with E-state index in [9.17, 15) is 4.79 Å². The van der Waals surface area contributed by atoms with Crippen LogP contribution in [0.3, 0.4) is 0 Å². The summed E-state index contributed by atoms with van der Waals surface area (Å²) in [7, 11) is 0. The van der Waals surface area contributed by atoms with Gasteiger partial charge in [0, 0.05) is 33.9 Å². The fraction of sp³-hybridized carbons (Fsp3) is 0.500. The summed E-state index contributed by atoms with van der Waals surface area (Å²) in [6.45, 7) is 2.84. The minimum Gasteiger partial charge on any atom is -0.374 e. The predicted octanol–water partition coefficient (Wildman–Crippen LogP) is 3.99. The van der Waals surface area contributed by atoms with Gasteiger partial charge in [0.05, 0.1) is 11.2 Å². The van der Waals surface area contributed by atoms with Crippen LogP contribution in [-0.2, 0) is 4.74 Å². The monoisotopic (exact) mass is 347 g/mol. The molecule has 2 atom stereocenters. The molecule has 1 spiro atoms. The average Bonchev–Trinajstić information content (AvgIpc) is 3.14. The molecule has 2 aliphatic rings. The highest BCUT2D eigenvalue weighted by atomic mass is 32.2. The standard InChI is InChI=1S/C18H21NO2S2/c1-12-2-3-14-15(10-23-16(14)8-12)17(20)19-13-4-6-21-18(9-13)5-7-22-11-18/h2-3,8,10,13H,4-7,9,11H2,1H3,(H,19,20). The van der Waals surface area contributed by atoms with Gasteiger partial charge in [0.2, 0.25) is 0 Å². The lowest BCUT2D eigenvalue weighted by Crippen LogP contribution is -2.48. The van der Waals surface area contributed by atoms with E-state index in [1.807, 2.05) is 17.1 Å². The van der Waals surface area contributed by atoms with E-state index in [0.29, 0.717) is 0 Å². The zero-order valence-electron chi connectivity index (χ0n) is 13.3. The van der Waals surface area contributed by atoms with Gasteiger partial charge in [-0.1, -0.05) is 12.1 Å². The number of hydrogen-bond acceptors (Lipinski definition) is 4. The van der Waals surface area contributed by atoms with Crippen molar-refractivity contribution in [1.82, 2.24) is 5.32 Å². The quantitative estimate of drug-likeness (QED) is 0.892. The van der Waals surface area contributed by atoms with Gasteiger partial charge in [-0.25, -0.2) is 0 Å². The van der Waals surface area contributed by atoms with Crippen molar-refractivity contribution in [1.29, 1.82) is 0 Å². The molecule has 2 aromatic rings. The van der Waals surface area contributed by atoms with E-state index in [0.717, 1.165) is 42.6 Å². The Labute approximate surface area is 144 Å². The van der Waals surface area contributed by atoms with Crippen LogP contribution in [0.5, 0.6) is 0 Å². The highest BCUT2D eigenvalue weighted by molar-refractivity contribution is 7.99. The summed E-state index contributed by atoms with van der Waals surface area (Å²) in [4.78, 5) is 12.7. The van der Waals surface area contributed by atoms with E-state index in [1.165, 1.54) is 16.0 Å². The number of aryl methyl sites for hydroxylation is 1. The molecule has 2 fully saturated rings. The fourth-order valence-corrected chi connectivity index (χ4v) is 6.00. The first-order valence-electron chi connectivity index (χ1n) is 8.16. The predicted molar refractivity (Wildman–Crippen MR) is 97.7 cm³/mol. The molecule has 1 aromatic heterocycles. The second kappa shape index (κ2) is 6.11. The number of carbonyl (C=O) groups excluding carboxylic acids is 1. The molecule has 3 heterocycles. The Bertz CT molecular complexity index is 734. The maximum atomic E-state index is 12.7. The lowest BCUT2D eigenvalue weighted by atomic mass is 9.89. The van der Waals surface area contributed by atoms with Gasteiger partial charge < -0.3 is 10.1 Å². The number of nitrogens with one attached hydrogen (secondary N) is 1. The zero-order chi connectivity index (χ0) is 15.9. The number of rotatable bonds is 2. The molecule has 0 aliphatic carbocycles. The van der Waals surface area contributed by atoms with Crippen LogP contribution in [0.1, 0.15) is 35.2 Å². The molecule has 2 saturated heterocycles. The number of fused-ring (bicyclic) bond motifs is 1. The van der Waals surface area contributed by atoms with Gasteiger partial charge in [-0.05, 0) is 43.6 Å². The first kappa shape index (κ1) is 15.5. The van der Waals surface area contributed by atoms with Gasteiger partial charge >= 0.3 is 0 Å². The largest absolute Gasteiger partial charge is 0.374 e. The smallest absolute Gasteiger partial charge is 0.252 e. The maximum Gasteiger partial charge on any atom is 0.252 e. The Balaban J connectivity index is 1.50. The van der Waals surface area contributed by atoms with Gasteiger partial charge in [0.25, 0.3) is 5.91 Å². The van der Waals surface area contributed by atoms with Crippen molar-refractivity contribution >= 4 is 39.1 Å². The van der Waals surface area contributed by atoms with Crippen molar-refractivity contribution in [3.63, 3.8) is 0 Å². The normalized spacial score (nSPS) is 27.6. The summed E-state index contributed by atoms with van der Waals surface area (Å²) in [5.74, 6) is 2.31. The first-order valence-corrected chi connectivity index (χ1v) is 10.2. The molecule has 2 unspecified atom stereocenters. The first-order chi connectivity index (χ1) is 11.2. The van der Waals surface area contributed by atoms with Crippen molar-refractivity contribution in [3.05, 3.63) is 34.7 Å². The molecule has 4 rings (SSSR count). The van der Waals surface area contributed by atoms with Crippen LogP contribution in [0.2, 0.25) is 0 Å². The summed E-state index contributed by atoms with van der Waals surface area (Å²) < 4.78 is 7.23. The van der Waals surface area contributed by atoms with E-state index in [4.69, 9.17) is 4.74 Å². The Hall–Kier alpha value is -1.04. The summed E-state index contributed by atoms with van der Waals surface area (Å²) in [6, 6.07) is 6.52. The van der Waals surface area contributed by atoms with Gasteiger partial charge in [0.1, 0.15) is 0 Å². The Morgan fingerprint density at radius 2 is 2.35 bits per heavy atom. The molecule has 3 nitrogen and oxygen atoms in total. The maximum absolute atomic E-state index is 12.7. The molecular formula is C18H21NO2S2. The molecular weight excluding hydrogens is 326 g/mol. The number of thioether (sulfide) groups is 1. The topological polar surface area (TPSA) is 38.3 Å². The SMILES string of the molecule is Cc1ccc2c(C(=O)NC3CCOC4(CCSC4)C3)csc2c1. The van der Waals surface area contributed by atoms with Crippen LogP contribution < -0.4 is 5.32 Å². The van der Waals surface area contributed by atoms with Crippen LogP contribution in [-0.4, -0.2) is 35.7 Å². The third kappa shape index (κ3) is 3.02. The van der Waals surface area contributed by atoms with Gasteiger partial charge in [0.15, 0.2) is 0 Å². The van der Waals surface area contributed by atoms with Crippen molar-refractivity contribution < 1.29 is 9.53 Å². The van der Waals surface area contributed by atoms with Crippen LogP contribution >= 0.6 is 23.1 Å². The van der Waals surface area contributed by atoms with Crippen molar-refractivity contribution in [2.45, 2.75) is 37.8 Å². The van der Waals surface area contributed by atoms with Crippen molar-refractivity contribution in [2.24, 2.45) is 0 Å². The molecule has 0 saturated carbocycles. The number of benzene rings is 1. The second-order valence-electron chi connectivity index (χ2n) is 6.65. The number of carbonyl (C=O) groups is 1. The third-order valence-corrected chi connectivity index (χ3v) is 7.04. The van der Waals surface area contributed by atoms with Crippen LogP contribution in [0.4, 0.5) is 0 Å². The number of amides is 1. The van der Waals surface area contributed by atoms with E-state index < -0.39 is 0 Å². The van der Waals surface area contributed by atoms with Crippen LogP contribution in [0, 0.1) is 6.92 Å². The van der Waals surface area contributed by atoms with Crippen LogP contribution in [0.15, 0.2) is 23.6 Å². The fourth-order valence-electron chi connectivity index (χ4n) is 3.59. The van der Waals surface area contributed by atoms with E-state index >= 15 is 0 Å². The molecule has 122 valence electrons. The lowest BCUT2D eigenvalue weighted by Gasteiger charge is -2.38. The Kier molecular flexibility index (Phi) is 4.12. The van der Waals surface area contributed by atoms with Crippen molar-refractivity contribution in [2.75, 3.05) is 18.1 Å². The third-order valence-electron chi connectivity index (χ3n) is 4.87. The van der Waals surface area contributed by atoms with Gasteiger partial charge in [-0.3, -0.25) is 4.79 Å². The average molecular weight is 348 g/mol. The van der Waals surface area contributed by atoms with E-state index in [2.05, 4.69) is 30.4 Å². The number of hydrogen-bond donors (Lipinski definition) is 1. The molecule has 1 aromatic carbocycles. The highest BCUT2D eigenvalue weighted by Crippen LogP contribution is 2.38. The molecule has 5 heteroatoms. The minimum absolute atomic E-state index is 0.00862. The van der Waals surface area contributed by atoms with Crippen molar-refractivity contribution in [3.8, 4) is 0 Å². The minimum atomic E-state index is 0.00862. The molecule has 2 aliphatic heterocycles. The second-order valence-corrected chi connectivity index (χ2v) is 8.66. The summed E-state index contributed by atoms with van der Waals surface area (Å²) in [5, 5.41) is 6.31. The summed E-state index contributed by atoms with van der Waals surface area (Å²) in [6.07, 6.45) is 2.98. The number of thiophene rings is 1. The van der Waals surface area contributed by atoms with E-state index in [1.54, 1.807) is 11.3 Å². The van der Waals surface area contributed by atoms with Crippen LogP contribution in [0.25, 0.3) is 10.1 Å². The summed E-state index contributed by atoms with van der Waals surface area (Å²) in [5.41, 5.74) is 2.05. The molecule has 0 radical (unpaired) electrons. The Morgan fingerprint density at radius 3 is 3.17 bits per heavy atom. The lowest BCUT2D eigenvalue weighted by molar-refractivity contribution is -0.0688. The van der Waals surface area contributed by atoms with Gasteiger partial charge in [-0.2, -0.15) is 11.8 Å². The summed E-state index contributed by atoms with van der Waals surface area (Å²) >= 11 is 3.61. The Morgan fingerprint density at radius 1 is 1.43 bits per heavy atom. The number of ether oxygens (including phenoxy) is 1. The molecule has 0 bridgehead atoms. The molecule has 1 N–H and O–H groups in total. The molecule has 23 heavy (non-hydrogen) atoms. The molecule has 1 amide bonds.